The Bertz CT molecular complexity index is 457. The van der Waals surface area contributed by atoms with Gasteiger partial charge in [0.25, 0.3) is 0 Å². The molecule has 2 atom stereocenters. The molecule has 2 aliphatic rings. The fourth-order valence-corrected chi connectivity index (χ4v) is 3.79. The van der Waals surface area contributed by atoms with Crippen molar-refractivity contribution in [2.75, 3.05) is 19.6 Å². The molecule has 2 unspecified atom stereocenters. The Hall–Kier alpha value is -0.870. The van der Waals surface area contributed by atoms with Crippen LogP contribution in [0.3, 0.4) is 0 Å². The number of aromatic nitrogens is 2. The zero-order valence-electron chi connectivity index (χ0n) is 13.3. The smallest absolute Gasteiger partial charge is 0.0722 e. The second kappa shape index (κ2) is 5.15. The number of nitrogens with zero attached hydrogens (tertiary/aromatic N) is 3. The van der Waals surface area contributed by atoms with E-state index in [1.54, 1.807) is 0 Å². The normalized spacial score (nSPS) is 27.8. The van der Waals surface area contributed by atoms with Crippen molar-refractivity contribution >= 4 is 0 Å². The molecule has 1 aromatic heterocycles. The van der Waals surface area contributed by atoms with E-state index in [1.807, 2.05) is 11.7 Å². The first-order valence-corrected chi connectivity index (χ1v) is 7.92. The van der Waals surface area contributed by atoms with Gasteiger partial charge in [-0.2, -0.15) is 5.10 Å². The van der Waals surface area contributed by atoms with Gasteiger partial charge in [0, 0.05) is 49.9 Å². The monoisotopic (exact) mass is 276 g/mol. The van der Waals surface area contributed by atoms with Gasteiger partial charge in [-0.05, 0) is 25.3 Å². The molecule has 1 N–H and O–H groups in total. The van der Waals surface area contributed by atoms with Crippen molar-refractivity contribution in [3.8, 4) is 0 Å². The van der Waals surface area contributed by atoms with Gasteiger partial charge in [0.2, 0.25) is 0 Å². The number of aryl methyl sites for hydroxylation is 1. The van der Waals surface area contributed by atoms with Gasteiger partial charge in [0.15, 0.2) is 0 Å². The number of piperidine rings is 1. The lowest BCUT2D eigenvalue weighted by Gasteiger charge is -2.24. The van der Waals surface area contributed by atoms with E-state index >= 15 is 0 Å². The summed E-state index contributed by atoms with van der Waals surface area (Å²) in [6, 6.07) is 0.721. The van der Waals surface area contributed by atoms with E-state index in [1.165, 1.54) is 43.7 Å². The lowest BCUT2D eigenvalue weighted by atomic mass is 9.89. The van der Waals surface area contributed by atoms with E-state index < -0.39 is 0 Å². The molecule has 0 saturated carbocycles. The standard InChI is InChI=1S/C16H28N4/c1-16(2,3)15-13(8-19(4)18-15)10-20-9-12-6-5-7-17-14(12)11-20/h8,12,14,17H,5-7,9-11H2,1-4H3. The molecular formula is C16H28N4. The van der Waals surface area contributed by atoms with Crippen LogP contribution in [0.15, 0.2) is 6.20 Å². The Balaban J connectivity index is 1.72. The Kier molecular flexibility index (Phi) is 3.63. The second-order valence-corrected chi connectivity index (χ2v) is 7.58. The fraction of sp³-hybridized carbons (Fsp3) is 0.812. The van der Waals surface area contributed by atoms with Crippen LogP contribution in [-0.4, -0.2) is 40.4 Å². The molecule has 1 aromatic rings. The fourth-order valence-electron chi connectivity index (χ4n) is 3.79. The van der Waals surface area contributed by atoms with Crippen LogP contribution in [-0.2, 0) is 19.0 Å². The van der Waals surface area contributed by atoms with E-state index in [0.29, 0.717) is 0 Å². The number of likely N-dealkylation sites (tertiary alicyclic amines) is 1. The number of rotatable bonds is 2. The molecule has 4 heteroatoms. The summed E-state index contributed by atoms with van der Waals surface area (Å²) in [4.78, 5) is 2.61. The van der Waals surface area contributed by atoms with E-state index in [2.05, 4.69) is 42.3 Å². The summed E-state index contributed by atoms with van der Waals surface area (Å²) in [6.45, 7) is 11.5. The highest BCUT2D eigenvalue weighted by molar-refractivity contribution is 5.24. The molecule has 0 aliphatic carbocycles. The third kappa shape index (κ3) is 2.77. The first-order valence-electron chi connectivity index (χ1n) is 7.92. The predicted octanol–water partition coefficient (Wildman–Crippen LogP) is 1.90. The molecule has 0 spiro atoms. The van der Waals surface area contributed by atoms with Crippen LogP contribution in [0.2, 0.25) is 0 Å². The zero-order chi connectivity index (χ0) is 14.3. The van der Waals surface area contributed by atoms with Gasteiger partial charge < -0.3 is 5.32 Å². The summed E-state index contributed by atoms with van der Waals surface area (Å²) < 4.78 is 1.97. The predicted molar refractivity (Wildman–Crippen MR) is 81.7 cm³/mol. The van der Waals surface area contributed by atoms with Crippen molar-refractivity contribution in [1.82, 2.24) is 20.0 Å². The van der Waals surface area contributed by atoms with Crippen molar-refractivity contribution < 1.29 is 0 Å². The minimum Gasteiger partial charge on any atom is -0.312 e. The van der Waals surface area contributed by atoms with Gasteiger partial charge in [0.05, 0.1) is 5.69 Å². The van der Waals surface area contributed by atoms with E-state index in [0.717, 1.165) is 18.5 Å². The maximum absolute atomic E-state index is 4.69. The molecule has 2 saturated heterocycles. The highest BCUT2D eigenvalue weighted by atomic mass is 15.3. The molecular weight excluding hydrogens is 248 g/mol. The minimum atomic E-state index is 0.126. The van der Waals surface area contributed by atoms with Crippen molar-refractivity contribution in [3.05, 3.63) is 17.5 Å². The highest BCUT2D eigenvalue weighted by Gasteiger charge is 2.35. The molecule has 4 nitrogen and oxygen atoms in total. The Morgan fingerprint density at radius 1 is 1.35 bits per heavy atom. The first-order chi connectivity index (χ1) is 9.43. The first kappa shape index (κ1) is 14.1. The third-order valence-electron chi connectivity index (χ3n) is 4.68. The van der Waals surface area contributed by atoms with Crippen molar-refractivity contribution in [3.63, 3.8) is 0 Å². The van der Waals surface area contributed by atoms with Gasteiger partial charge in [-0.25, -0.2) is 0 Å². The summed E-state index contributed by atoms with van der Waals surface area (Å²) in [7, 11) is 2.03. The van der Waals surface area contributed by atoms with Crippen molar-refractivity contribution in [2.24, 2.45) is 13.0 Å². The van der Waals surface area contributed by atoms with Crippen LogP contribution < -0.4 is 5.32 Å². The van der Waals surface area contributed by atoms with Gasteiger partial charge in [-0.1, -0.05) is 20.8 Å². The van der Waals surface area contributed by atoms with Crippen LogP contribution in [0, 0.1) is 5.92 Å². The Labute approximate surface area is 122 Å². The molecule has 2 aliphatic heterocycles. The molecule has 3 heterocycles. The number of hydrogen-bond donors (Lipinski definition) is 1. The van der Waals surface area contributed by atoms with Gasteiger partial charge in [-0.15, -0.1) is 0 Å². The van der Waals surface area contributed by atoms with E-state index in [4.69, 9.17) is 0 Å². The number of hydrogen-bond acceptors (Lipinski definition) is 3. The molecule has 0 aromatic carbocycles. The summed E-state index contributed by atoms with van der Waals surface area (Å²) in [6.07, 6.45) is 4.94. The summed E-state index contributed by atoms with van der Waals surface area (Å²) in [5, 5.41) is 8.37. The van der Waals surface area contributed by atoms with Crippen LogP contribution in [0.25, 0.3) is 0 Å². The lowest BCUT2D eigenvalue weighted by Crippen LogP contribution is -2.40. The van der Waals surface area contributed by atoms with Crippen LogP contribution in [0.1, 0.15) is 44.9 Å². The average Bonchev–Trinajstić information content (AvgIpc) is 2.91. The highest BCUT2D eigenvalue weighted by Crippen LogP contribution is 2.29. The Morgan fingerprint density at radius 2 is 2.15 bits per heavy atom. The van der Waals surface area contributed by atoms with Crippen molar-refractivity contribution in [1.29, 1.82) is 0 Å². The van der Waals surface area contributed by atoms with Crippen molar-refractivity contribution in [2.45, 2.75) is 51.6 Å². The largest absolute Gasteiger partial charge is 0.312 e. The van der Waals surface area contributed by atoms with E-state index in [9.17, 15) is 0 Å². The van der Waals surface area contributed by atoms with Gasteiger partial charge in [-0.3, -0.25) is 9.58 Å². The number of nitrogens with one attached hydrogen (secondary N) is 1. The Morgan fingerprint density at radius 3 is 2.85 bits per heavy atom. The van der Waals surface area contributed by atoms with Gasteiger partial charge in [0.1, 0.15) is 0 Å². The summed E-state index contributed by atoms with van der Waals surface area (Å²) in [5.41, 5.74) is 2.78. The quantitative estimate of drug-likeness (QED) is 0.895. The number of fused-ring (bicyclic) bond motifs is 1. The maximum Gasteiger partial charge on any atom is 0.0722 e. The zero-order valence-corrected chi connectivity index (χ0v) is 13.3. The molecule has 3 rings (SSSR count). The van der Waals surface area contributed by atoms with Crippen LogP contribution in [0.4, 0.5) is 0 Å². The minimum absolute atomic E-state index is 0.126. The summed E-state index contributed by atoms with van der Waals surface area (Å²) >= 11 is 0. The SMILES string of the molecule is Cn1cc(CN2CC3CCCNC3C2)c(C(C)(C)C)n1. The lowest BCUT2D eigenvalue weighted by molar-refractivity contribution is 0.310. The molecule has 0 amide bonds. The average molecular weight is 276 g/mol. The summed E-state index contributed by atoms with van der Waals surface area (Å²) in [5.74, 6) is 0.860. The molecule has 2 fully saturated rings. The van der Waals surface area contributed by atoms with E-state index in [-0.39, 0.29) is 5.41 Å². The van der Waals surface area contributed by atoms with Crippen LogP contribution >= 0.6 is 0 Å². The molecule has 20 heavy (non-hydrogen) atoms. The topological polar surface area (TPSA) is 33.1 Å². The molecule has 0 radical (unpaired) electrons. The van der Waals surface area contributed by atoms with Crippen LogP contribution in [0.5, 0.6) is 0 Å². The molecule has 112 valence electrons. The second-order valence-electron chi connectivity index (χ2n) is 7.58. The third-order valence-corrected chi connectivity index (χ3v) is 4.68. The molecule has 0 bridgehead atoms. The van der Waals surface area contributed by atoms with Gasteiger partial charge >= 0.3 is 0 Å². The maximum atomic E-state index is 4.69.